The Balaban J connectivity index is 1.35. The second-order valence-corrected chi connectivity index (χ2v) is 19.6. The molecule has 0 saturated heterocycles. The molecule has 0 heterocycles. The molecule has 0 N–H and O–H groups in total. The predicted octanol–water partition coefficient (Wildman–Crippen LogP) is 7.79. The summed E-state index contributed by atoms with van der Waals surface area (Å²) >= 11 is 0. The highest BCUT2D eigenvalue weighted by Crippen LogP contribution is 2.66. The van der Waals surface area contributed by atoms with E-state index in [0.29, 0.717) is 11.3 Å². The van der Waals surface area contributed by atoms with Crippen LogP contribution in [0.15, 0.2) is 60.7 Å². The van der Waals surface area contributed by atoms with Crippen LogP contribution in [0.5, 0.6) is 0 Å². The molecule has 2 aromatic carbocycles. The van der Waals surface area contributed by atoms with Crippen LogP contribution in [0, 0.1) is 40.4 Å². The molecular formula is C36H50O2Si. The molecule has 2 aromatic rings. The van der Waals surface area contributed by atoms with Crippen molar-refractivity contribution >= 4 is 25.0 Å². The summed E-state index contributed by atoms with van der Waals surface area (Å²) in [5, 5.41) is 2.56. The summed E-state index contributed by atoms with van der Waals surface area (Å²) in [4.78, 5) is 12.9. The van der Waals surface area contributed by atoms with Crippen molar-refractivity contribution < 1.29 is 9.22 Å². The molecule has 0 amide bonds. The first-order valence-corrected chi connectivity index (χ1v) is 17.8. The average Bonchev–Trinajstić information content (AvgIpc) is 3.33. The maximum Gasteiger partial charge on any atom is 0.261 e. The lowest BCUT2D eigenvalue weighted by Crippen LogP contribution is -2.69. The van der Waals surface area contributed by atoms with Crippen molar-refractivity contribution in [2.75, 3.05) is 0 Å². The summed E-state index contributed by atoms with van der Waals surface area (Å²) < 4.78 is 7.64. The largest absolute Gasteiger partial charge is 0.404 e. The molecule has 0 bridgehead atoms. The van der Waals surface area contributed by atoms with Crippen LogP contribution < -0.4 is 10.4 Å². The van der Waals surface area contributed by atoms with Crippen LogP contribution in [-0.4, -0.2) is 20.7 Å². The highest BCUT2D eigenvalue weighted by Gasteiger charge is 2.61. The number of carbonyl (C=O) groups is 1. The Morgan fingerprint density at radius 3 is 2.08 bits per heavy atom. The minimum atomic E-state index is -2.70. The number of fused-ring (bicyclic) bond motifs is 5. The zero-order chi connectivity index (χ0) is 27.5. The molecule has 4 fully saturated rings. The van der Waals surface area contributed by atoms with Crippen molar-refractivity contribution in [1.82, 2.24) is 0 Å². The number of aldehydes is 1. The molecule has 3 heteroatoms. The number of hydrogen-bond acceptors (Lipinski definition) is 2. The molecule has 4 aliphatic carbocycles. The normalized spacial score (nSPS) is 38.4. The number of hydrogen-bond donors (Lipinski definition) is 0. The molecule has 3 unspecified atom stereocenters. The lowest BCUT2D eigenvalue weighted by atomic mass is 9.44. The fourth-order valence-corrected chi connectivity index (χ4v) is 15.3. The van der Waals surface area contributed by atoms with Gasteiger partial charge in [0.05, 0.1) is 6.10 Å². The van der Waals surface area contributed by atoms with E-state index in [1.165, 1.54) is 61.6 Å². The van der Waals surface area contributed by atoms with Gasteiger partial charge in [0.1, 0.15) is 6.29 Å². The Kier molecular flexibility index (Phi) is 7.03. The van der Waals surface area contributed by atoms with Crippen LogP contribution in [0.25, 0.3) is 0 Å². The van der Waals surface area contributed by atoms with E-state index < -0.39 is 8.32 Å². The van der Waals surface area contributed by atoms with Gasteiger partial charge in [-0.05, 0) is 101 Å². The second-order valence-electron chi connectivity index (χ2n) is 15.3. The van der Waals surface area contributed by atoms with Gasteiger partial charge in [0.25, 0.3) is 8.32 Å². The summed E-state index contributed by atoms with van der Waals surface area (Å²) in [5.41, 5.74) is 0.849. The summed E-state index contributed by atoms with van der Waals surface area (Å²) in [6.07, 6.45) is 13.1. The molecule has 0 spiro atoms. The van der Waals surface area contributed by atoms with Crippen LogP contribution >= 0.6 is 0 Å². The molecule has 210 valence electrons. The van der Waals surface area contributed by atoms with E-state index in [4.69, 9.17) is 4.43 Å². The Hall–Kier alpha value is -1.71. The number of benzene rings is 2. The van der Waals surface area contributed by atoms with Gasteiger partial charge in [0.15, 0.2) is 0 Å². The molecule has 8 atom stereocenters. The fraction of sp³-hybridized carbons (Fsp3) is 0.639. The van der Waals surface area contributed by atoms with Gasteiger partial charge in [-0.3, -0.25) is 0 Å². The minimum absolute atomic E-state index is 0.0104. The van der Waals surface area contributed by atoms with E-state index in [-0.39, 0.29) is 22.5 Å². The Morgan fingerprint density at radius 1 is 0.846 bits per heavy atom. The van der Waals surface area contributed by atoms with Crippen molar-refractivity contribution in [3.63, 3.8) is 0 Å². The summed E-state index contributed by atoms with van der Waals surface area (Å²) in [6.45, 7) is 12.2. The SMILES string of the molecule is CC(C)(C)[Si](OC1CC2CC[C@@H]3[C@@H](CC[C@]4(C)CCC[C@@H]34)[C@@]2(C)CC1C=O)(c1ccccc1)c1ccccc1. The van der Waals surface area contributed by atoms with Crippen LogP contribution in [-0.2, 0) is 9.22 Å². The van der Waals surface area contributed by atoms with Gasteiger partial charge in [-0.25, -0.2) is 0 Å². The van der Waals surface area contributed by atoms with E-state index in [9.17, 15) is 4.79 Å². The summed E-state index contributed by atoms with van der Waals surface area (Å²) in [6, 6.07) is 22.0. The molecule has 6 rings (SSSR count). The average molecular weight is 543 g/mol. The third-order valence-corrected chi connectivity index (χ3v) is 17.5. The minimum Gasteiger partial charge on any atom is -0.404 e. The van der Waals surface area contributed by atoms with Crippen LogP contribution in [0.4, 0.5) is 0 Å². The quantitative estimate of drug-likeness (QED) is 0.285. The third kappa shape index (κ3) is 4.33. The van der Waals surface area contributed by atoms with Gasteiger partial charge in [-0.15, -0.1) is 0 Å². The molecule has 0 aromatic heterocycles. The zero-order valence-corrected chi connectivity index (χ0v) is 26.0. The standard InChI is InChI=1S/C36H50O2Si/c1-34(2,3)39(28-13-8-6-9-14-28,29-15-10-7-11-16-29)38-33-23-27-18-19-30-31-17-12-21-35(31,4)22-20-32(30)36(27,5)24-26(33)25-37/h6-11,13-16,25-27,30-33H,12,17-24H2,1-5H3/t26?,27?,30-,31-,32+,33?,35-,36-/m0/s1. The molecule has 4 saturated carbocycles. The maximum atomic E-state index is 12.9. The van der Waals surface area contributed by atoms with E-state index in [2.05, 4.69) is 95.3 Å². The highest BCUT2D eigenvalue weighted by molar-refractivity contribution is 6.99. The van der Waals surface area contributed by atoms with Gasteiger partial charge in [-0.1, -0.05) is 102 Å². The first-order chi connectivity index (χ1) is 18.6. The lowest BCUT2D eigenvalue weighted by Gasteiger charge is -2.62. The maximum absolute atomic E-state index is 12.9. The van der Waals surface area contributed by atoms with E-state index >= 15 is 0 Å². The third-order valence-electron chi connectivity index (χ3n) is 12.4. The smallest absolute Gasteiger partial charge is 0.261 e. The topological polar surface area (TPSA) is 26.3 Å². The van der Waals surface area contributed by atoms with Gasteiger partial charge >= 0.3 is 0 Å². The second kappa shape index (κ2) is 9.98. The Bertz CT molecular complexity index is 1120. The lowest BCUT2D eigenvalue weighted by molar-refractivity contribution is -0.144. The summed E-state index contributed by atoms with van der Waals surface area (Å²) in [7, 11) is -2.70. The van der Waals surface area contributed by atoms with Crippen molar-refractivity contribution in [1.29, 1.82) is 0 Å². The fourth-order valence-electron chi connectivity index (χ4n) is 10.5. The van der Waals surface area contributed by atoms with Gasteiger partial charge in [0, 0.05) is 5.92 Å². The van der Waals surface area contributed by atoms with Crippen molar-refractivity contribution in [3.8, 4) is 0 Å². The Morgan fingerprint density at radius 2 is 1.49 bits per heavy atom. The Labute approximate surface area is 238 Å². The molecule has 0 aliphatic heterocycles. The molecule has 4 aliphatic rings. The van der Waals surface area contributed by atoms with Crippen LogP contribution in [0.3, 0.4) is 0 Å². The van der Waals surface area contributed by atoms with Gasteiger partial charge < -0.3 is 9.22 Å². The first-order valence-electron chi connectivity index (χ1n) is 15.9. The van der Waals surface area contributed by atoms with E-state index in [1.807, 2.05) is 0 Å². The first kappa shape index (κ1) is 27.5. The van der Waals surface area contributed by atoms with E-state index in [0.717, 1.165) is 30.6 Å². The van der Waals surface area contributed by atoms with E-state index in [1.54, 1.807) is 0 Å². The van der Waals surface area contributed by atoms with Crippen LogP contribution in [0.1, 0.15) is 92.4 Å². The predicted molar refractivity (Wildman–Crippen MR) is 164 cm³/mol. The van der Waals surface area contributed by atoms with Crippen molar-refractivity contribution in [2.45, 2.75) is 104 Å². The monoisotopic (exact) mass is 542 g/mol. The molecule has 2 nitrogen and oxygen atoms in total. The summed E-state index contributed by atoms with van der Waals surface area (Å²) in [5.74, 6) is 3.19. The zero-order valence-electron chi connectivity index (χ0n) is 25.0. The van der Waals surface area contributed by atoms with Crippen molar-refractivity contribution in [2.24, 2.45) is 40.4 Å². The van der Waals surface area contributed by atoms with Gasteiger partial charge in [0.2, 0.25) is 0 Å². The number of rotatable bonds is 5. The van der Waals surface area contributed by atoms with Gasteiger partial charge in [-0.2, -0.15) is 0 Å². The van der Waals surface area contributed by atoms with Crippen molar-refractivity contribution in [3.05, 3.63) is 60.7 Å². The molecule has 39 heavy (non-hydrogen) atoms. The highest BCUT2D eigenvalue weighted by atomic mass is 28.4. The molecule has 0 radical (unpaired) electrons. The number of carbonyl (C=O) groups excluding carboxylic acids is 1. The molecular weight excluding hydrogens is 492 g/mol. The van der Waals surface area contributed by atoms with Crippen LogP contribution in [0.2, 0.25) is 5.04 Å².